The molecule has 1 aliphatic rings. The highest BCUT2D eigenvalue weighted by molar-refractivity contribution is 5.99. The summed E-state index contributed by atoms with van der Waals surface area (Å²) in [6.07, 6.45) is 1.88. The van der Waals surface area contributed by atoms with Crippen LogP contribution < -0.4 is 10.4 Å². The summed E-state index contributed by atoms with van der Waals surface area (Å²) >= 11 is 0. The standard InChI is InChI=1S/C28H29F3N6O3/c1-5-36-16-23(25(34-36)28(29,30)31)21-12-18(15-35-10-11-40-27(35)32-3)13-22-20(21)7-9-37(26(22)38)17(2)24-14-19(39-4)6-8-33-24/h6,8,10-14,16-17H,5,7,9,15H2,1-4H3/t17-/m0/s1. The number of pyridine rings is 1. The molecule has 0 unspecified atom stereocenters. The SMILES string of the molecule is CCn1cc(-c2cc(Cn3ccoc3=NC)cc3c2CCN([C@@H](C)c2cc(OC)ccn2)C3=O)c(C(F)(F)F)n1. The van der Waals surface area contributed by atoms with Crippen molar-refractivity contribution in [2.75, 3.05) is 20.7 Å². The van der Waals surface area contributed by atoms with Crippen LogP contribution in [0.4, 0.5) is 13.2 Å². The molecule has 3 aromatic heterocycles. The van der Waals surface area contributed by atoms with Crippen LogP contribution in [0.5, 0.6) is 5.75 Å². The number of hydrogen-bond acceptors (Lipinski definition) is 6. The van der Waals surface area contributed by atoms with Gasteiger partial charge in [0.15, 0.2) is 5.69 Å². The van der Waals surface area contributed by atoms with E-state index in [2.05, 4.69) is 15.1 Å². The Morgan fingerprint density at radius 1 is 1.20 bits per heavy atom. The second-order valence-corrected chi connectivity index (χ2v) is 9.50. The third kappa shape index (κ3) is 5.01. The fraction of sp³-hybridized carbons (Fsp3) is 0.357. The van der Waals surface area contributed by atoms with Crippen molar-refractivity contribution >= 4 is 5.91 Å². The molecule has 210 valence electrons. The number of rotatable bonds is 7. The minimum Gasteiger partial charge on any atom is -0.497 e. The number of amides is 1. The number of methoxy groups -OCH3 is 1. The smallest absolute Gasteiger partial charge is 0.435 e. The lowest BCUT2D eigenvalue weighted by Gasteiger charge is -2.34. The van der Waals surface area contributed by atoms with E-state index >= 15 is 0 Å². The molecule has 1 atom stereocenters. The van der Waals surface area contributed by atoms with E-state index in [4.69, 9.17) is 9.15 Å². The summed E-state index contributed by atoms with van der Waals surface area (Å²) in [4.78, 5) is 24.2. The van der Waals surface area contributed by atoms with Crippen molar-refractivity contribution in [2.45, 2.75) is 45.6 Å². The van der Waals surface area contributed by atoms with Crippen LogP contribution in [-0.2, 0) is 25.7 Å². The first-order chi connectivity index (χ1) is 19.1. The van der Waals surface area contributed by atoms with E-state index in [0.29, 0.717) is 52.3 Å². The molecule has 0 spiro atoms. The zero-order chi connectivity index (χ0) is 28.6. The summed E-state index contributed by atoms with van der Waals surface area (Å²) in [7, 11) is 3.14. The van der Waals surface area contributed by atoms with Crippen LogP contribution in [0.1, 0.15) is 52.8 Å². The normalized spacial score (nSPS) is 14.9. The van der Waals surface area contributed by atoms with Gasteiger partial charge in [0.2, 0.25) is 0 Å². The molecule has 0 N–H and O–H groups in total. The number of aryl methyl sites for hydroxylation is 1. The van der Waals surface area contributed by atoms with Crippen molar-refractivity contribution in [1.82, 2.24) is 24.2 Å². The van der Waals surface area contributed by atoms with Gasteiger partial charge in [-0.3, -0.25) is 19.0 Å². The fourth-order valence-corrected chi connectivity index (χ4v) is 5.11. The molecular weight excluding hydrogens is 525 g/mol. The minimum atomic E-state index is -4.66. The molecule has 1 amide bonds. The molecule has 12 heteroatoms. The number of carbonyl (C=O) groups is 1. The van der Waals surface area contributed by atoms with Crippen molar-refractivity contribution in [3.8, 4) is 16.9 Å². The molecule has 0 fully saturated rings. The lowest BCUT2D eigenvalue weighted by atomic mass is 9.87. The second kappa shape index (κ2) is 10.7. The Morgan fingerprint density at radius 2 is 1.98 bits per heavy atom. The first-order valence-corrected chi connectivity index (χ1v) is 12.8. The average molecular weight is 555 g/mol. The zero-order valence-electron chi connectivity index (χ0n) is 22.6. The van der Waals surface area contributed by atoms with E-state index in [1.165, 1.54) is 17.1 Å². The first-order valence-electron chi connectivity index (χ1n) is 12.8. The molecular formula is C28H29F3N6O3. The van der Waals surface area contributed by atoms with E-state index < -0.39 is 11.9 Å². The monoisotopic (exact) mass is 554 g/mol. The van der Waals surface area contributed by atoms with E-state index in [-0.39, 0.29) is 30.6 Å². The molecule has 0 aliphatic carbocycles. The molecule has 40 heavy (non-hydrogen) atoms. The lowest BCUT2D eigenvalue weighted by molar-refractivity contribution is -0.141. The summed E-state index contributed by atoms with van der Waals surface area (Å²) in [6.45, 7) is 4.43. The third-order valence-corrected chi connectivity index (χ3v) is 7.14. The predicted molar refractivity (Wildman–Crippen MR) is 140 cm³/mol. The highest BCUT2D eigenvalue weighted by atomic mass is 19.4. The van der Waals surface area contributed by atoms with Gasteiger partial charge in [-0.05, 0) is 55.2 Å². The number of benzene rings is 1. The zero-order valence-corrected chi connectivity index (χ0v) is 22.6. The maximum absolute atomic E-state index is 14.1. The van der Waals surface area contributed by atoms with Crippen LogP contribution >= 0.6 is 0 Å². The Kier molecular flexibility index (Phi) is 7.26. The van der Waals surface area contributed by atoms with Crippen molar-refractivity contribution in [2.24, 2.45) is 4.99 Å². The van der Waals surface area contributed by atoms with E-state index in [1.54, 1.807) is 67.2 Å². The van der Waals surface area contributed by atoms with Crippen molar-refractivity contribution in [1.29, 1.82) is 0 Å². The van der Waals surface area contributed by atoms with Gasteiger partial charge >= 0.3 is 6.18 Å². The first kappa shape index (κ1) is 27.2. The topological polar surface area (TPSA) is 90.7 Å². The number of halogens is 3. The second-order valence-electron chi connectivity index (χ2n) is 9.50. The van der Waals surface area contributed by atoms with Crippen molar-refractivity contribution < 1.29 is 27.1 Å². The highest BCUT2D eigenvalue weighted by Crippen LogP contribution is 2.41. The van der Waals surface area contributed by atoms with Gasteiger partial charge in [0.25, 0.3) is 11.6 Å². The maximum Gasteiger partial charge on any atom is 0.435 e. The molecule has 0 radical (unpaired) electrons. The van der Waals surface area contributed by atoms with Crippen LogP contribution in [0.2, 0.25) is 0 Å². The average Bonchev–Trinajstić information content (AvgIpc) is 3.60. The third-order valence-electron chi connectivity index (χ3n) is 7.14. The van der Waals surface area contributed by atoms with Crippen LogP contribution in [0, 0.1) is 0 Å². The summed E-state index contributed by atoms with van der Waals surface area (Å²) in [5, 5.41) is 3.82. The van der Waals surface area contributed by atoms with Crippen LogP contribution in [0.15, 0.2) is 58.5 Å². The number of fused-ring (bicyclic) bond motifs is 1. The number of oxazole rings is 1. The van der Waals surface area contributed by atoms with Gasteiger partial charge in [0.1, 0.15) is 12.0 Å². The minimum absolute atomic E-state index is 0.0474. The van der Waals surface area contributed by atoms with Gasteiger partial charge in [-0.1, -0.05) is 0 Å². The van der Waals surface area contributed by atoms with Crippen molar-refractivity contribution in [3.05, 3.63) is 82.9 Å². The van der Waals surface area contributed by atoms with Gasteiger partial charge in [0, 0.05) is 55.9 Å². The number of carbonyl (C=O) groups excluding carboxylic acids is 1. The molecule has 5 rings (SSSR count). The van der Waals surface area contributed by atoms with Gasteiger partial charge < -0.3 is 14.1 Å². The van der Waals surface area contributed by atoms with Gasteiger partial charge in [-0.25, -0.2) is 4.99 Å². The number of nitrogens with zero attached hydrogens (tertiary/aromatic N) is 6. The fourth-order valence-electron chi connectivity index (χ4n) is 5.11. The number of hydrogen-bond donors (Lipinski definition) is 0. The molecule has 9 nitrogen and oxygen atoms in total. The van der Waals surface area contributed by atoms with Crippen molar-refractivity contribution in [3.63, 3.8) is 0 Å². The van der Waals surface area contributed by atoms with Crippen LogP contribution in [0.3, 0.4) is 0 Å². The van der Waals surface area contributed by atoms with Gasteiger partial charge in [-0.15, -0.1) is 0 Å². The molecule has 0 bridgehead atoms. The molecule has 4 aromatic rings. The maximum atomic E-state index is 14.1. The Labute approximate surface area is 228 Å². The Morgan fingerprint density at radius 3 is 2.67 bits per heavy atom. The Hall–Kier alpha value is -4.35. The summed E-state index contributed by atoms with van der Waals surface area (Å²) < 4.78 is 56.0. The summed E-state index contributed by atoms with van der Waals surface area (Å²) in [5.41, 5.74) is 1.87. The Balaban J connectivity index is 1.65. The predicted octanol–water partition coefficient (Wildman–Crippen LogP) is 4.73. The van der Waals surface area contributed by atoms with E-state index in [1.807, 2.05) is 6.92 Å². The molecule has 1 aliphatic heterocycles. The molecule has 0 saturated heterocycles. The highest BCUT2D eigenvalue weighted by Gasteiger charge is 2.39. The number of ether oxygens (including phenoxy) is 1. The van der Waals surface area contributed by atoms with E-state index in [9.17, 15) is 18.0 Å². The number of aromatic nitrogens is 4. The number of alkyl halides is 3. The Bertz CT molecular complexity index is 1620. The molecule has 1 aromatic carbocycles. The summed E-state index contributed by atoms with van der Waals surface area (Å²) in [6, 6.07) is 6.57. The largest absolute Gasteiger partial charge is 0.497 e. The van der Waals surface area contributed by atoms with Gasteiger partial charge in [0.05, 0.1) is 25.4 Å². The van der Waals surface area contributed by atoms with Crippen LogP contribution in [0.25, 0.3) is 11.1 Å². The van der Waals surface area contributed by atoms with Gasteiger partial charge in [-0.2, -0.15) is 18.3 Å². The summed E-state index contributed by atoms with van der Waals surface area (Å²) in [5.74, 6) is 0.337. The van der Waals surface area contributed by atoms with E-state index in [0.717, 1.165) is 0 Å². The van der Waals surface area contributed by atoms with Crippen LogP contribution in [-0.4, -0.2) is 50.8 Å². The lowest BCUT2D eigenvalue weighted by Crippen LogP contribution is -2.40. The molecule has 4 heterocycles. The molecule has 0 saturated carbocycles. The quantitative estimate of drug-likeness (QED) is 0.330.